The Kier molecular flexibility index (Phi) is 7.66. The van der Waals surface area contributed by atoms with Gasteiger partial charge in [-0.1, -0.05) is 12.1 Å². The molecule has 1 amide bonds. The highest BCUT2D eigenvalue weighted by atomic mass is 32.2. The predicted molar refractivity (Wildman–Crippen MR) is 106 cm³/mol. The maximum Gasteiger partial charge on any atom is 0.255 e. The average molecular weight is 375 g/mol. The van der Waals surface area contributed by atoms with Crippen LogP contribution in [0.15, 0.2) is 41.3 Å². The van der Waals surface area contributed by atoms with Crippen molar-refractivity contribution in [1.82, 2.24) is 0 Å². The van der Waals surface area contributed by atoms with Crippen molar-refractivity contribution in [1.29, 1.82) is 0 Å². The number of carbonyl (C=O) groups is 1. The molecule has 0 heterocycles. The molecule has 1 N–H and O–H groups in total. The van der Waals surface area contributed by atoms with Crippen LogP contribution in [-0.2, 0) is 0 Å². The van der Waals surface area contributed by atoms with Gasteiger partial charge in [0.25, 0.3) is 5.91 Å². The van der Waals surface area contributed by atoms with E-state index in [9.17, 15) is 4.79 Å². The number of hydrogen-bond donors (Lipinski definition) is 1. The highest BCUT2D eigenvalue weighted by Crippen LogP contribution is 2.39. The Labute approximate surface area is 159 Å². The number of anilines is 1. The standard InChI is InChI=1S/C20H25NO4S/c1-5-23-16-12-14(13-17(24-6-2)19(16)25-7-3)20(22)21-15-10-8-9-11-18(15)26-4/h8-13H,5-7H2,1-4H3,(H,21,22). The number of thioether (sulfide) groups is 1. The topological polar surface area (TPSA) is 56.8 Å². The first kappa shape index (κ1) is 20.0. The Morgan fingerprint density at radius 2 is 1.54 bits per heavy atom. The zero-order valence-corrected chi connectivity index (χ0v) is 16.4. The van der Waals surface area contributed by atoms with Gasteiger partial charge in [-0.05, 0) is 51.3 Å². The third-order valence-electron chi connectivity index (χ3n) is 3.53. The molecule has 2 aromatic rings. The quantitative estimate of drug-likeness (QED) is 0.635. The summed E-state index contributed by atoms with van der Waals surface area (Å²) >= 11 is 1.58. The van der Waals surface area contributed by atoms with Crippen LogP contribution in [0.25, 0.3) is 0 Å². The lowest BCUT2D eigenvalue weighted by Gasteiger charge is -2.17. The summed E-state index contributed by atoms with van der Waals surface area (Å²) < 4.78 is 17.0. The molecule has 0 aliphatic rings. The van der Waals surface area contributed by atoms with E-state index in [-0.39, 0.29) is 5.91 Å². The first-order valence-electron chi connectivity index (χ1n) is 8.65. The first-order chi connectivity index (χ1) is 12.6. The molecule has 5 nitrogen and oxygen atoms in total. The van der Waals surface area contributed by atoms with Crippen LogP contribution in [0.3, 0.4) is 0 Å². The van der Waals surface area contributed by atoms with Gasteiger partial charge in [0.05, 0.1) is 25.5 Å². The number of para-hydroxylation sites is 1. The minimum absolute atomic E-state index is 0.226. The zero-order chi connectivity index (χ0) is 18.9. The second kappa shape index (κ2) is 9.97. The molecular weight excluding hydrogens is 350 g/mol. The van der Waals surface area contributed by atoms with Crippen LogP contribution < -0.4 is 19.5 Å². The highest BCUT2D eigenvalue weighted by Gasteiger charge is 2.19. The predicted octanol–water partition coefficient (Wildman–Crippen LogP) is 4.86. The second-order valence-electron chi connectivity index (χ2n) is 5.26. The fraction of sp³-hybridized carbons (Fsp3) is 0.350. The van der Waals surface area contributed by atoms with Gasteiger partial charge < -0.3 is 19.5 Å². The Bertz CT molecular complexity index is 721. The second-order valence-corrected chi connectivity index (χ2v) is 6.10. The van der Waals surface area contributed by atoms with Gasteiger partial charge in [-0.15, -0.1) is 11.8 Å². The largest absolute Gasteiger partial charge is 0.490 e. The number of ether oxygens (including phenoxy) is 3. The molecule has 2 rings (SSSR count). The van der Waals surface area contributed by atoms with E-state index in [1.807, 2.05) is 51.3 Å². The molecule has 26 heavy (non-hydrogen) atoms. The average Bonchev–Trinajstić information content (AvgIpc) is 2.65. The number of carbonyl (C=O) groups excluding carboxylic acids is 1. The Balaban J connectivity index is 2.39. The minimum Gasteiger partial charge on any atom is -0.490 e. The van der Waals surface area contributed by atoms with Crippen molar-refractivity contribution in [3.63, 3.8) is 0 Å². The van der Waals surface area contributed by atoms with Gasteiger partial charge >= 0.3 is 0 Å². The maximum atomic E-state index is 12.8. The zero-order valence-electron chi connectivity index (χ0n) is 15.6. The first-order valence-corrected chi connectivity index (χ1v) is 9.87. The summed E-state index contributed by atoms with van der Waals surface area (Å²) in [7, 11) is 0. The van der Waals surface area contributed by atoms with E-state index in [1.165, 1.54) is 0 Å². The molecule has 0 saturated carbocycles. The van der Waals surface area contributed by atoms with Gasteiger partial charge in [-0.2, -0.15) is 0 Å². The summed E-state index contributed by atoms with van der Waals surface area (Å²) in [6.45, 7) is 7.07. The van der Waals surface area contributed by atoms with Gasteiger partial charge in [0.1, 0.15) is 0 Å². The molecule has 0 fully saturated rings. The summed E-state index contributed by atoms with van der Waals surface area (Å²) in [5, 5.41) is 2.96. The van der Waals surface area contributed by atoms with E-state index in [0.717, 1.165) is 10.6 Å². The van der Waals surface area contributed by atoms with E-state index in [1.54, 1.807) is 23.9 Å². The van der Waals surface area contributed by atoms with Gasteiger partial charge in [0.15, 0.2) is 11.5 Å². The molecule has 0 saturated heterocycles. The Morgan fingerprint density at radius 1 is 0.962 bits per heavy atom. The molecule has 6 heteroatoms. The van der Waals surface area contributed by atoms with Gasteiger partial charge in [-0.3, -0.25) is 4.79 Å². The van der Waals surface area contributed by atoms with Crippen molar-refractivity contribution in [3.05, 3.63) is 42.0 Å². The number of rotatable bonds is 9. The molecule has 0 radical (unpaired) electrons. The van der Waals surface area contributed by atoms with Crippen LogP contribution in [0.2, 0.25) is 0 Å². The molecule has 0 spiro atoms. The smallest absolute Gasteiger partial charge is 0.255 e. The molecule has 0 atom stereocenters. The van der Waals surface area contributed by atoms with Gasteiger partial charge in [0.2, 0.25) is 5.75 Å². The lowest BCUT2D eigenvalue weighted by Crippen LogP contribution is -2.14. The monoisotopic (exact) mass is 375 g/mol. The fourth-order valence-electron chi connectivity index (χ4n) is 2.46. The van der Waals surface area contributed by atoms with Crippen molar-refractivity contribution in [2.75, 3.05) is 31.4 Å². The molecule has 0 aliphatic carbocycles. The third-order valence-corrected chi connectivity index (χ3v) is 4.32. The van der Waals surface area contributed by atoms with E-state index in [4.69, 9.17) is 14.2 Å². The van der Waals surface area contributed by atoms with Crippen LogP contribution in [-0.4, -0.2) is 32.0 Å². The van der Waals surface area contributed by atoms with Crippen LogP contribution in [0.1, 0.15) is 31.1 Å². The molecule has 2 aromatic carbocycles. The van der Waals surface area contributed by atoms with Crippen LogP contribution >= 0.6 is 11.8 Å². The molecular formula is C20H25NO4S. The summed E-state index contributed by atoms with van der Waals surface area (Å²) in [6, 6.07) is 11.1. The van der Waals surface area contributed by atoms with Crippen molar-refractivity contribution in [3.8, 4) is 17.2 Å². The van der Waals surface area contributed by atoms with Crippen LogP contribution in [0.4, 0.5) is 5.69 Å². The summed E-state index contributed by atoms with van der Waals surface area (Å²) in [5.41, 5.74) is 1.23. The van der Waals surface area contributed by atoms with E-state index < -0.39 is 0 Å². The number of benzene rings is 2. The van der Waals surface area contributed by atoms with Crippen LogP contribution in [0.5, 0.6) is 17.2 Å². The van der Waals surface area contributed by atoms with E-state index in [2.05, 4.69) is 5.32 Å². The summed E-state index contributed by atoms with van der Waals surface area (Å²) in [4.78, 5) is 13.8. The Hall–Kier alpha value is -2.34. The number of nitrogens with one attached hydrogen (secondary N) is 1. The Morgan fingerprint density at radius 3 is 2.08 bits per heavy atom. The van der Waals surface area contributed by atoms with Crippen molar-refractivity contribution < 1.29 is 19.0 Å². The highest BCUT2D eigenvalue weighted by molar-refractivity contribution is 7.98. The van der Waals surface area contributed by atoms with E-state index in [0.29, 0.717) is 42.6 Å². The molecule has 140 valence electrons. The number of amides is 1. The molecule has 0 unspecified atom stereocenters. The van der Waals surface area contributed by atoms with Crippen molar-refractivity contribution in [2.45, 2.75) is 25.7 Å². The van der Waals surface area contributed by atoms with Crippen molar-refractivity contribution in [2.24, 2.45) is 0 Å². The molecule has 0 bridgehead atoms. The fourth-order valence-corrected chi connectivity index (χ4v) is 3.02. The normalized spacial score (nSPS) is 10.3. The summed E-state index contributed by atoms with van der Waals surface area (Å²) in [6.07, 6.45) is 1.97. The molecule has 0 aliphatic heterocycles. The molecule has 0 aromatic heterocycles. The maximum absolute atomic E-state index is 12.8. The summed E-state index contributed by atoms with van der Waals surface area (Å²) in [5.74, 6) is 1.31. The van der Waals surface area contributed by atoms with Crippen LogP contribution in [0, 0.1) is 0 Å². The lowest BCUT2D eigenvalue weighted by molar-refractivity contribution is 0.102. The lowest BCUT2D eigenvalue weighted by atomic mass is 10.1. The SMILES string of the molecule is CCOc1cc(C(=O)Nc2ccccc2SC)cc(OCC)c1OCC. The third kappa shape index (κ3) is 4.85. The minimum atomic E-state index is -0.226. The van der Waals surface area contributed by atoms with Gasteiger partial charge in [-0.25, -0.2) is 0 Å². The number of hydrogen-bond acceptors (Lipinski definition) is 5. The van der Waals surface area contributed by atoms with Gasteiger partial charge in [0, 0.05) is 10.5 Å². The van der Waals surface area contributed by atoms with Crippen molar-refractivity contribution >= 4 is 23.4 Å². The van der Waals surface area contributed by atoms with E-state index >= 15 is 0 Å².